The number of hydrogen-bond acceptors (Lipinski definition) is 5. The number of methoxy groups -OCH3 is 1. The highest BCUT2D eigenvalue weighted by molar-refractivity contribution is 9.10. The third-order valence-electron chi connectivity index (χ3n) is 4.51. The van der Waals surface area contributed by atoms with Gasteiger partial charge in [-0.05, 0) is 55.3 Å². The van der Waals surface area contributed by atoms with Crippen LogP contribution in [0.4, 0.5) is 5.69 Å². The van der Waals surface area contributed by atoms with Crippen molar-refractivity contribution in [3.05, 3.63) is 79.7 Å². The molecule has 156 valence electrons. The molecule has 1 amide bonds. The zero-order valence-electron chi connectivity index (χ0n) is 16.9. The number of ether oxygens (including phenoxy) is 1. The number of aromatic amines is 1. The highest BCUT2D eigenvalue weighted by Gasteiger charge is 2.14. The summed E-state index contributed by atoms with van der Waals surface area (Å²) in [6.45, 7) is 3.66. The Bertz CT molecular complexity index is 1130. The number of H-pyrrole nitrogens is 1. The lowest BCUT2D eigenvalue weighted by Crippen LogP contribution is -2.24. The summed E-state index contributed by atoms with van der Waals surface area (Å²) in [5, 5.41) is 3.38. The van der Waals surface area contributed by atoms with Gasteiger partial charge >= 0.3 is 0 Å². The predicted molar refractivity (Wildman–Crippen MR) is 123 cm³/mol. The van der Waals surface area contributed by atoms with Crippen LogP contribution in [0.15, 0.2) is 56.9 Å². The van der Waals surface area contributed by atoms with Crippen molar-refractivity contribution in [3.8, 4) is 5.75 Å². The minimum Gasteiger partial charge on any atom is -0.497 e. The first-order valence-electron chi connectivity index (χ1n) is 9.27. The number of carbonyl (C=O) groups is 1. The lowest BCUT2D eigenvalue weighted by Gasteiger charge is -2.10. The van der Waals surface area contributed by atoms with E-state index in [4.69, 9.17) is 4.74 Å². The van der Waals surface area contributed by atoms with Crippen LogP contribution in [0.3, 0.4) is 0 Å². The fourth-order valence-corrected chi connectivity index (χ4v) is 4.22. The normalized spacial score (nSPS) is 10.7. The Kier molecular flexibility index (Phi) is 7.33. The van der Waals surface area contributed by atoms with Crippen molar-refractivity contribution in [2.75, 3.05) is 12.4 Å². The quantitative estimate of drug-likeness (QED) is 0.374. The van der Waals surface area contributed by atoms with Crippen molar-refractivity contribution in [2.24, 2.45) is 0 Å². The number of amides is 1. The molecular weight excluding hydrogens is 466 g/mol. The molecule has 0 atom stereocenters. The van der Waals surface area contributed by atoms with Crippen molar-refractivity contribution in [1.82, 2.24) is 9.97 Å². The molecule has 0 bridgehead atoms. The van der Waals surface area contributed by atoms with Gasteiger partial charge in [0.15, 0.2) is 5.16 Å². The molecule has 0 saturated heterocycles. The van der Waals surface area contributed by atoms with Gasteiger partial charge < -0.3 is 15.0 Å². The Labute approximate surface area is 187 Å². The highest BCUT2D eigenvalue weighted by Crippen LogP contribution is 2.22. The van der Waals surface area contributed by atoms with Crippen LogP contribution in [0, 0.1) is 13.8 Å². The molecule has 0 radical (unpaired) electrons. The second kappa shape index (κ2) is 9.95. The van der Waals surface area contributed by atoms with Gasteiger partial charge in [0.1, 0.15) is 5.75 Å². The molecule has 1 aromatic heterocycles. The fourth-order valence-electron chi connectivity index (χ4n) is 2.90. The SMILES string of the molecule is COc1cccc(CSc2nc(C)c(CC(=O)Nc3ccc(Br)cc3C)c(=O)[nH]2)c1. The van der Waals surface area contributed by atoms with Crippen LogP contribution in [-0.4, -0.2) is 23.0 Å². The van der Waals surface area contributed by atoms with Gasteiger partial charge in [0.2, 0.25) is 5.91 Å². The number of aryl methyl sites for hydroxylation is 2. The number of nitrogens with zero attached hydrogens (tertiary/aromatic N) is 1. The van der Waals surface area contributed by atoms with Gasteiger partial charge in [0, 0.05) is 27.2 Å². The Morgan fingerprint density at radius 2 is 2.03 bits per heavy atom. The van der Waals surface area contributed by atoms with E-state index in [-0.39, 0.29) is 17.9 Å². The summed E-state index contributed by atoms with van der Waals surface area (Å²) in [7, 11) is 1.63. The summed E-state index contributed by atoms with van der Waals surface area (Å²) >= 11 is 4.83. The van der Waals surface area contributed by atoms with Gasteiger partial charge in [-0.2, -0.15) is 0 Å². The summed E-state index contributed by atoms with van der Waals surface area (Å²) in [6.07, 6.45) is -0.0372. The molecular formula is C22H22BrN3O3S. The van der Waals surface area contributed by atoms with Crippen molar-refractivity contribution in [1.29, 1.82) is 0 Å². The van der Waals surface area contributed by atoms with E-state index < -0.39 is 0 Å². The zero-order chi connectivity index (χ0) is 21.7. The zero-order valence-corrected chi connectivity index (χ0v) is 19.3. The molecule has 6 nitrogen and oxygen atoms in total. The maximum Gasteiger partial charge on any atom is 0.255 e. The molecule has 3 aromatic rings. The monoisotopic (exact) mass is 487 g/mol. The van der Waals surface area contributed by atoms with E-state index in [2.05, 4.69) is 31.2 Å². The lowest BCUT2D eigenvalue weighted by molar-refractivity contribution is -0.115. The molecule has 0 aliphatic heterocycles. The van der Waals surface area contributed by atoms with Crippen LogP contribution in [0.2, 0.25) is 0 Å². The van der Waals surface area contributed by atoms with Crippen molar-refractivity contribution in [2.45, 2.75) is 31.2 Å². The molecule has 0 saturated carbocycles. The number of carbonyl (C=O) groups excluding carboxylic acids is 1. The average molecular weight is 488 g/mol. The topological polar surface area (TPSA) is 84.1 Å². The van der Waals surface area contributed by atoms with E-state index in [1.54, 1.807) is 14.0 Å². The number of thioether (sulfide) groups is 1. The first-order chi connectivity index (χ1) is 14.4. The summed E-state index contributed by atoms with van der Waals surface area (Å²) in [6, 6.07) is 13.3. The van der Waals surface area contributed by atoms with Crippen LogP contribution >= 0.6 is 27.7 Å². The summed E-state index contributed by atoms with van der Waals surface area (Å²) < 4.78 is 6.17. The first kappa shape index (κ1) is 22.1. The molecule has 2 aromatic carbocycles. The number of benzene rings is 2. The maximum absolute atomic E-state index is 12.6. The minimum atomic E-state index is -0.293. The van der Waals surface area contributed by atoms with Crippen molar-refractivity contribution < 1.29 is 9.53 Å². The summed E-state index contributed by atoms with van der Waals surface area (Å²) in [5.74, 6) is 1.17. The largest absolute Gasteiger partial charge is 0.497 e. The van der Waals surface area contributed by atoms with Gasteiger partial charge in [-0.15, -0.1) is 0 Å². The van der Waals surface area contributed by atoms with Gasteiger partial charge in [0.25, 0.3) is 5.56 Å². The van der Waals surface area contributed by atoms with Gasteiger partial charge in [-0.25, -0.2) is 4.98 Å². The summed E-state index contributed by atoms with van der Waals surface area (Å²) in [4.78, 5) is 32.3. The molecule has 8 heteroatoms. The molecule has 0 spiro atoms. The van der Waals surface area contributed by atoms with E-state index in [1.165, 1.54) is 11.8 Å². The number of anilines is 1. The number of rotatable bonds is 7. The van der Waals surface area contributed by atoms with Crippen LogP contribution in [-0.2, 0) is 17.0 Å². The number of nitrogens with one attached hydrogen (secondary N) is 2. The second-order valence-electron chi connectivity index (χ2n) is 6.76. The number of aromatic nitrogens is 2. The molecule has 0 aliphatic carbocycles. The molecule has 0 fully saturated rings. The molecule has 30 heavy (non-hydrogen) atoms. The fraction of sp³-hybridized carbons (Fsp3) is 0.227. The minimum absolute atomic E-state index is 0.0372. The molecule has 2 N–H and O–H groups in total. The van der Waals surface area contributed by atoms with Crippen LogP contribution in [0.25, 0.3) is 0 Å². The molecule has 0 aliphatic rings. The first-order valence-corrected chi connectivity index (χ1v) is 11.0. The van der Waals surface area contributed by atoms with Crippen LogP contribution < -0.4 is 15.6 Å². The molecule has 1 heterocycles. The van der Waals surface area contributed by atoms with E-state index in [9.17, 15) is 9.59 Å². The van der Waals surface area contributed by atoms with E-state index in [1.807, 2.05) is 49.4 Å². The Balaban J connectivity index is 1.68. The number of halogens is 1. The van der Waals surface area contributed by atoms with E-state index >= 15 is 0 Å². The Hall–Kier alpha value is -2.58. The van der Waals surface area contributed by atoms with Crippen molar-refractivity contribution in [3.63, 3.8) is 0 Å². The van der Waals surface area contributed by atoms with Gasteiger partial charge in [-0.3, -0.25) is 9.59 Å². The van der Waals surface area contributed by atoms with E-state index in [0.717, 1.165) is 27.0 Å². The standard InChI is InChI=1S/C22H22BrN3O3S/c1-13-9-16(23)7-8-19(13)25-20(27)11-18-14(2)24-22(26-21(18)28)30-12-15-5-4-6-17(10-15)29-3/h4-10H,11-12H2,1-3H3,(H,25,27)(H,24,26,28). The Morgan fingerprint density at radius 3 is 2.73 bits per heavy atom. The smallest absolute Gasteiger partial charge is 0.255 e. The second-order valence-corrected chi connectivity index (χ2v) is 8.64. The van der Waals surface area contributed by atoms with Gasteiger partial charge in [0.05, 0.1) is 13.5 Å². The van der Waals surface area contributed by atoms with Crippen LogP contribution in [0.5, 0.6) is 5.75 Å². The van der Waals surface area contributed by atoms with Gasteiger partial charge in [-0.1, -0.05) is 39.8 Å². The third kappa shape index (κ3) is 5.73. The highest BCUT2D eigenvalue weighted by atomic mass is 79.9. The van der Waals surface area contributed by atoms with Crippen LogP contribution in [0.1, 0.15) is 22.4 Å². The maximum atomic E-state index is 12.6. The molecule has 3 rings (SSSR count). The van der Waals surface area contributed by atoms with Crippen molar-refractivity contribution >= 4 is 39.3 Å². The number of hydrogen-bond donors (Lipinski definition) is 2. The Morgan fingerprint density at radius 1 is 1.23 bits per heavy atom. The van der Waals surface area contributed by atoms with E-state index in [0.29, 0.717) is 22.2 Å². The average Bonchev–Trinajstić information content (AvgIpc) is 2.71. The predicted octanol–water partition coefficient (Wildman–Crippen LogP) is 4.63. The summed E-state index contributed by atoms with van der Waals surface area (Å²) in [5.41, 5.74) is 3.34. The third-order valence-corrected chi connectivity index (χ3v) is 5.95. The lowest BCUT2D eigenvalue weighted by atomic mass is 10.1. The molecule has 0 unspecified atom stereocenters.